The first-order chi connectivity index (χ1) is 28.6. The fraction of sp³-hybridized carbons (Fsp3) is 0.476. The Bertz CT molecular complexity index is 2150. The average Bonchev–Trinajstić information content (AvgIpc) is 3.99. The average molecular weight is 868 g/mol. The second-order valence-electron chi connectivity index (χ2n) is 16.0. The van der Waals surface area contributed by atoms with E-state index in [0.29, 0.717) is 37.1 Å². The third-order valence-corrected chi connectivity index (χ3v) is 12.3. The van der Waals surface area contributed by atoms with Crippen LogP contribution in [-0.4, -0.2) is 108 Å². The van der Waals surface area contributed by atoms with Gasteiger partial charge in [0.1, 0.15) is 12.1 Å². The standard InChI is InChI=1S/C42H51F2N7O7S2/c1-24(26-8-10-27(11-9-26)37-25(2)46-23-60-37)47-39(55)32-19-28(52)20-51(32)40(56)38(42(3,4)5)49-33(53)7-6-14-45-34(54)21-58-36-29(12-13-30(43)35(36)44)31-22-59-41(48-31)50-15-17-57-18-16-50/h8-13,22-24,28,32,38,52H,6-7,14-21H2,1-5H3,(H,45,54)(H,47,55)(H,49,53)/t24-,28+,32-,38+/m0/s1. The summed E-state index contributed by atoms with van der Waals surface area (Å²) < 4.78 is 40.1. The Morgan fingerprint density at radius 3 is 2.45 bits per heavy atom. The quantitative estimate of drug-likeness (QED) is 0.119. The van der Waals surface area contributed by atoms with Gasteiger partial charge in [-0.25, -0.2) is 14.4 Å². The molecule has 2 aliphatic heterocycles. The molecule has 0 spiro atoms. The number of carbonyl (C=O) groups is 4. The Morgan fingerprint density at radius 1 is 1.03 bits per heavy atom. The van der Waals surface area contributed by atoms with Crippen molar-refractivity contribution in [2.24, 2.45) is 5.41 Å². The lowest BCUT2D eigenvalue weighted by Crippen LogP contribution is -2.57. The summed E-state index contributed by atoms with van der Waals surface area (Å²) in [5, 5.41) is 21.4. The van der Waals surface area contributed by atoms with E-state index in [2.05, 4.69) is 25.9 Å². The zero-order valence-corrected chi connectivity index (χ0v) is 35.9. The third-order valence-electron chi connectivity index (χ3n) is 10.4. The molecule has 2 fully saturated rings. The molecule has 18 heteroatoms. The Hall–Kier alpha value is -5.04. The van der Waals surface area contributed by atoms with Crippen molar-refractivity contribution in [2.75, 3.05) is 50.9 Å². The van der Waals surface area contributed by atoms with Crippen LogP contribution in [0.25, 0.3) is 21.7 Å². The number of morpholine rings is 1. The van der Waals surface area contributed by atoms with Gasteiger partial charge in [0.2, 0.25) is 23.5 Å². The molecule has 322 valence electrons. The molecule has 4 atom stereocenters. The molecule has 4 N–H and O–H groups in total. The van der Waals surface area contributed by atoms with Crippen molar-refractivity contribution < 1.29 is 42.5 Å². The van der Waals surface area contributed by atoms with Crippen LogP contribution < -0.4 is 25.6 Å². The number of amides is 4. The van der Waals surface area contributed by atoms with Crippen LogP contribution in [-0.2, 0) is 23.9 Å². The zero-order chi connectivity index (χ0) is 43.1. The molecule has 0 saturated carbocycles. The van der Waals surface area contributed by atoms with Crippen LogP contribution in [0.3, 0.4) is 0 Å². The second kappa shape index (κ2) is 19.6. The summed E-state index contributed by atoms with van der Waals surface area (Å²) in [6, 6.07) is 7.81. The smallest absolute Gasteiger partial charge is 0.257 e. The minimum absolute atomic E-state index is 0.0512. The van der Waals surface area contributed by atoms with E-state index in [1.165, 1.54) is 22.3 Å². The highest BCUT2D eigenvalue weighted by Crippen LogP contribution is 2.37. The minimum atomic E-state index is -1.24. The molecule has 6 rings (SSSR count). The molecular weight excluding hydrogens is 817 g/mol. The van der Waals surface area contributed by atoms with Crippen molar-refractivity contribution in [3.05, 3.63) is 70.2 Å². The van der Waals surface area contributed by atoms with Crippen LogP contribution in [0.5, 0.6) is 5.75 Å². The van der Waals surface area contributed by atoms with Crippen LogP contribution in [0.4, 0.5) is 13.9 Å². The van der Waals surface area contributed by atoms with Crippen LogP contribution >= 0.6 is 22.7 Å². The van der Waals surface area contributed by atoms with Gasteiger partial charge in [-0.15, -0.1) is 22.7 Å². The van der Waals surface area contributed by atoms with Gasteiger partial charge in [0.15, 0.2) is 23.3 Å². The number of thiazole rings is 2. The van der Waals surface area contributed by atoms with Gasteiger partial charge in [-0.05, 0) is 48.9 Å². The molecule has 4 aromatic rings. The zero-order valence-electron chi connectivity index (χ0n) is 34.3. The van der Waals surface area contributed by atoms with Crippen LogP contribution in [0, 0.1) is 24.0 Å². The predicted octanol–water partition coefficient (Wildman–Crippen LogP) is 5.00. The van der Waals surface area contributed by atoms with Gasteiger partial charge in [-0.3, -0.25) is 19.2 Å². The molecule has 0 aliphatic carbocycles. The topological polar surface area (TPSA) is 175 Å². The van der Waals surface area contributed by atoms with Gasteiger partial charge in [0, 0.05) is 50.0 Å². The molecule has 2 aliphatic rings. The molecule has 2 aromatic carbocycles. The molecule has 4 amide bonds. The lowest BCUT2D eigenvalue weighted by Gasteiger charge is -2.35. The first-order valence-electron chi connectivity index (χ1n) is 19.9. The Kier molecular flexibility index (Phi) is 14.5. The second-order valence-corrected chi connectivity index (χ2v) is 17.7. The molecule has 2 saturated heterocycles. The molecule has 2 aromatic heterocycles. The summed E-state index contributed by atoms with van der Waals surface area (Å²) in [5.41, 5.74) is 4.46. The number of nitrogens with one attached hydrogen (secondary N) is 3. The molecule has 0 bridgehead atoms. The first-order valence-corrected chi connectivity index (χ1v) is 21.6. The highest BCUT2D eigenvalue weighted by Gasteiger charge is 2.44. The number of rotatable bonds is 15. The lowest BCUT2D eigenvalue weighted by molar-refractivity contribution is -0.144. The van der Waals surface area contributed by atoms with E-state index in [1.807, 2.05) is 43.0 Å². The summed E-state index contributed by atoms with van der Waals surface area (Å²) in [7, 11) is 0. The first kappa shape index (κ1) is 44.5. The molecule has 0 unspecified atom stereocenters. The summed E-state index contributed by atoms with van der Waals surface area (Å²) in [6.07, 6.45) is -0.725. The van der Waals surface area contributed by atoms with Crippen LogP contribution in [0.2, 0.25) is 0 Å². The maximum atomic E-state index is 15.0. The summed E-state index contributed by atoms with van der Waals surface area (Å²) in [6.45, 7) is 11.0. The van der Waals surface area contributed by atoms with Crippen molar-refractivity contribution in [1.82, 2.24) is 30.8 Å². The number of aliphatic hydroxyl groups excluding tert-OH is 1. The van der Waals surface area contributed by atoms with Gasteiger partial charge >= 0.3 is 0 Å². The number of likely N-dealkylation sites (tertiary alicyclic amines) is 1. The number of β-amino-alcohol motifs (C(OH)–C–C–N with tert-alkyl or cyclic N) is 1. The van der Waals surface area contributed by atoms with Crippen molar-refractivity contribution in [3.8, 4) is 27.4 Å². The van der Waals surface area contributed by atoms with E-state index in [-0.39, 0.29) is 44.0 Å². The van der Waals surface area contributed by atoms with Gasteiger partial charge in [-0.1, -0.05) is 45.0 Å². The Morgan fingerprint density at radius 2 is 1.77 bits per heavy atom. The number of aryl methyl sites for hydroxylation is 1. The predicted molar refractivity (Wildman–Crippen MR) is 225 cm³/mol. The lowest BCUT2D eigenvalue weighted by atomic mass is 9.85. The molecule has 0 radical (unpaired) electrons. The van der Waals surface area contributed by atoms with E-state index in [9.17, 15) is 33.1 Å². The fourth-order valence-corrected chi connectivity index (χ4v) is 8.77. The minimum Gasteiger partial charge on any atom is -0.480 e. The van der Waals surface area contributed by atoms with Crippen molar-refractivity contribution >= 4 is 51.4 Å². The molecular formula is C42H51F2N7O7S2. The number of nitrogens with zero attached hydrogens (tertiary/aromatic N) is 4. The molecule has 60 heavy (non-hydrogen) atoms. The van der Waals surface area contributed by atoms with Gasteiger partial charge < -0.3 is 40.3 Å². The highest BCUT2D eigenvalue weighted by atomic mass is 32.1. The van der Waals surface area contributed by atoms with Gasteiger partial charge in [0.05, 0.1) is 47.1 Å². The number of aliphatic hydroxyl groups is 1. The maximum absolute atomic E-state index is 15.0. The normalized spacial score (nSPS) is 17.9. The number of aromatic nitrogens is 2. The molecule has 4 heterocycles. The number of hydrogen-bond acceptors (Lipinski definition) is 12. The van der Waals surface area contributed by atoms with Crippen molar-refractivity contribution in [3.63, 3.8) is 0 Å². The Labute approximate surface area is 355 Å². The number of hydrogen-bond donors (Lipinski definition) is 4. The maximum Gasteiger partial charge on any atom is 0.257 e. The summed E-state index contributed by atoms with van der Waals surface area (Å²) >= 11 is 2.91. The van der Waals surface area contributed by atoms with Gasteiger partial charge in [0.25, 0.3) is 5.91 Å². The number of carbonyl (C=O) groups excluding carboxylic acids is 4. The number of halogens is 2. The summed E-state index contributed by atoms with van der Waals surface area (Å²) in [4.78, 5) is 66.9. The number of ether oxygens (including phenoxy) is 2. The van der Waals surface area contributed by atoms with Crippen molar-refractivity contribution in [1.29, 1.82) is 0 Å². The van der Waals surface area contributed by atoms with E-state index in [4.69, 9.17) is 9.47 Å². The number of anilines is 1. The van der Waals surface area contributed by atoms with Crippen LogP contribution in [0.1, 0.15) is 64.3 Å². The van der Waals surface area contributed by atoms with Crippen LogP contribution in [0.15, 0.2) is 47.3 Å². The third kappa shape index (κ3) is 10.8. The highest BCUT2D eigenvalue weighted by molar-refractivity contribution is 7.14. The van der Waals surface area contributed by atoms with E-state index in [1.54, 1.807) is 43.0 Å². The fourth-order valence-electron chi connectivity index (χ4n) is 7.08. The molecule has 14 nitrogen and oxygen atoms in total. The van der Waals surface area contributed by atoms with Crippen molar-refractivity contribution in [2.45, 2.75) is 78.1 Å². The number of benzene rings is 2. The van der Waals surface area contributed by atoms with E-state index >= 15 is 0 Å². The summed E-state index contributed by atoms with van der Waals surface area (Å²) in [5.74, 6) is -4.78. The Balaban J connectivity index is 0.988. The van der Waals surface area contributed by atoms with Gasteiger partial charge in [-0.2, -0.15) is 4.39 Å². The monoisotopic (exact) mass is 867 g/mol. The van der Waals surface area contributed by atoms with E-state index < -0.39 is 71.2 Å². The SMILES string of the molecule is Cc1ncsc1-c1ccc([C@H](C)NC(=O)[C@@H]2C[C@@H](O)CN2C(=O)[C@@H](NC(=O)CCCNC(=O)COc2c(-c3csc(N4CCOCC4)n3)ccc(F)c2F)C(C)(C)C)cc1. The van der Waals surface area contributed by atoms with E-state index in [0.717, 1.165) is 27.8 Å². The largest absolute Gasteiger partial charge is 0.480 e.